The number of fused-ring (bicyclic) bond motifs is 2. The number of para-hydroxylation sites is 1. The minimum atomic E-state index is -1.76. The second kappa shape index (κ2) is 7.55. The van der Waals surface area contributed by atoms with Crippen molar-refractivity contribution in [1.82, 2.24) is 4.90 Å². The maximum absolute atomic E-state index is 13.7. The molecule has 2 heterocycles. The number of aliphatic hydroxyl groups excluding tert-OH is 1. The molecule has 160 valence electrons. The van der Waals surface area contributed by atoms with Crippen molar-refractivity contribution < 1.29 is 29.0 Å². The molecular formula is C23H22N2O6. The van der Waals surface area contributed by atoms with Crippen LogP contribution in [0.15, 0.2) is 54.1 Å². The van der Waals surface area contributed by atoms with E-state index < -0.39 is 28.9 Å². The van der Waals surface area contributed by atoms with Crippen molar-refractivity contribution in [3.05, 3.63) is 65.2 Å². The van der Waals surface area contributed by atoms with Crippen LogP contribution in [0.1, 0.15) is 11.1 Å². The van der Waals surface area contributed by atoms with Crippen molar-refractivity contribution in [3.63, 3.8) is 0 Å². The van der Waals surface area contributed by atoms with Crippen LogP contribution in [0.25, 0.3) is 5.76 Å². The monoisotopic (exact) mass is 422 g/mol. The van der Waals surface area contributed by atoms with Gasteiger partial charge < -0.3 is 24.4 Å². The van der Waals surface area contributed by atoms with Gasteiger partial charge in [-0.15, -0.1) is 0 Å². The van der Waals surface area contributed by atoms with Crippen LogP contribution >= 0.6 is 0 Å². The van der Waals surface area contributed by atoms with Gasteiger partial charge in [0.25, 0.3) is 17.6 Å². The highest BCUT2D eigenvalue weighted by Gasteiger charge is 2.66. The van der Waals surface area contributed by atoms with Gasteiger partial charge in [-0.25, -0.2) is 0 Å². The third-order valence-corrected chi connectivity index (χ3v) is 5.82. The van der Waals surface area contributed by atoms with Gasteiger partial charge in [0.1, 0.15) is 11.5 Å². The molecule has 1 unspecified atom stereocenters. The second-order valence-electron chi connectivity index (χ2n) is 7.32. The van der Waals surface area contributed by atoms with E-state index in [4.69, 9.17) is 9.47 Å². The zero-order valence-electron chi connectivity index (χ0n) is 17.4. The third kappa shape index (κ3) is 2.75. The molecule has 4 rings (SSSR count). The van der Waals surface area contributed by atoms with E-state index in [1.165, 1.54) is 24.0 Å². The van der Waals surface area contributed by atoms with Gasteiger partial charge in [0.05, 0.1) is 19.3 Å². The van der Waals surface area contributed by atoms with Crippen LogP contribution in [0, 0.1) is 0 Å². The van der Waals surface area contributed by atoms with Crippen molar-refractivity contribution in [3.8, 4) is 5.75 Å². The van der Waals surface area contributed by atoms with Crippen molar-refractivity contribution in [2.75, 3.05) is 39.3 Å². The molecular weight excluding hydrogens is 400 g/mol. The fourth-order valence-corrected chi connectivity index (χ4v) is 4.35. The summed E-state index contributed by atoms with van der Waals surface area (Å²) in [5.74, 6) is -2.11. The summed E-state index contributed by atoms with van der Waals surface area (Å²) in [5.41, 5.74) is -0.683. The molecule has 1 atom stereocenters. The molecule has 0 aromatic heterocycles. The molecule has 2 aromatic carbocycles. The van der Waals surface area contributed by atoms with Gasteiger partial charge in [-0.05, 0) is 30.3 Å². The summed E-state index contributed by atoms with van der Waals surface area (Å²) in [4.78, 5) is 42.5. The van der Waals surface area contributed by atoms with Crippen LogP contribution in [0.2, 0.25) is 0 Å². The zero-order valence-corrected chi connectivity index (χ0v) is 17.4. The zero-order chi connectivity index (χ0) is 22.3. The van der Waals surface area contributed by atoms with E-state index in [2.05, 4.69) is 0 Å². The number of anilines is 1. The number of likely N-dealkylation sites (N-methyl/N-ethyl adjacent to an activating group) is 1. The fourth-order valence-electron chi connectivity index (χ4n) is 4.35. The number of likely N-dealkylation sites (tertiary alicyclic amines) is 1. The van der Waals surface area contributed by atoms with E-state index in [-0.39, 0.29) is 18.7 Å². The van der Waals surface area contributed by atoms with Gasteiger partial charge in [0, 0.05) is 37.5 Å². The Bertz CT molecular complexity index is 1110. The van der Waals surface area contributed by atoms with Gasteiger partial charge >= 0.3 is 0 Å². The van der Waals surface area contributed by atoms with Crippen LogP contribution in [0.3, 0.4) is 0 Å². The first-order chi connectivity index (χ1) is 14.9. The quantitative estimate of drug-likeness (QED) is 0.449. The largest absolute Gasteiger partial charge is 0.507 e. The standard InChI is InChI=1S/C23H22N2O6/c1-24-17-7-5-4-6-16(17)23(22(24)29)18(20(27)21(28)25(23)12-13-30-2)19(26)14-8-10-15(31-3)11-9-14/h4-11,26H,12-13H2,1-3H3/b19-18-. The van der Waals surface area contributed by atoms with Crippen LogP contribution in [0.4, 0.5) is 5.69 Å². The third-order valence-electron chi connectivity index (χ3n) is 5.82. The summed E-state index contributed by atoms with van der Waals surface area (Å²) in [6.45, 7) is 0.130. The highest BCUT2D eigenvalue weighted by Crippen LogP contribution is 2.53. The number of ketones is 1. The molecule has 8 heteroatoms. The number of hydrogen-bond acceptors (Lipinski definition) is 6. The lowest BCUT2D eigenvalue weighted by Crippen LogP contribution is -2.52. The predicted molar refractivity (Wildman–Crippen MR) is 113 cm³/mol. The summed E-state index contributed by atoms with van der Waals surface area (Å²) in [7, 11) is 4.57. The number of nitrogens with zero attached hydrogens (tertiary/aromatic N) is 2. The van der Waals surface area contributed by atoms with E-state index in [1.54, 1.807) is 55.6 Å². The molecule has 1 spiro atoms. The Morgan fingerprint density at radius 3 is 2.35 bits per heavy atom. The molecule has 31 heavy (non-hydrogen) atoms. The van der Waals surface area contributed by atoms with Gasteiger partial charge in [0.2, 0.25) is 0 Å². The molecule has 0 radical (unpaired) electrons. The lowest BCUT2D eigenvalue weighted by atomic mass is 9.82. The number of benzene rings is 2. The lowest BCUT2D eigenvalue weighted by molar-refractivity contribution is -0.144. The second-order valence-corrected chi connectivity index (χ2v) is 7.32. The number of ether oxygens (including phenoxy) is 2. The molecule has 1 fully saturated rings. The average molecular weight is 422 g/mol. The Balaban J connectivity index is 2.02. The Kier molecular flexibility index (Phi) is 5.02. The number of aliphatic hydroxyl groups is 1. The minimum absolute atomic E-state index is 0.00831. The maximum atomic E-state index is 13.7. The first kappa shape index (κ1) is 20.6. The Hall–Kier alpha value is -3.65. The number of hydrogen-bond donors (Lipinski definition) is 1. The van der Waals surface area contributed by atoms with E-state index in [1.807, 2.05) is 0 Å². The first-order valence-electron chi connectivity index (χ1n) is 9.70. The van der Waals surface area contributed by atoms with Crippen molar-refractivity contribution >= 4 is 29.0 Å². The van der Waals surface area contributed by atoms with Crippen molar-refractivity contribution in [2.45, 2.75) is 5.54 Å². The fraction of sp³-hybridized carbons (Fsp3) is 0.261. The summed E-state index contributed by atoms with van der Waals surface area (Å²) in [6, 6.07) is 13.3. The van der Waals surface area contributed by atoms with Gasteiger partial charge in [-0.1, -0.05) is 18.2 Å². The molecule has 0 saturated carbocycles. The van der Waals surface area contributed by atoms with E-state index in [9.17, 15) is 19.5 Å². The van der Waals surface area contributed by atoms with Gasteiger partial charge in [0.15, 0.2) is 5.54 Å². The molecule has 1 N–H and O–H groups in total. The lowest BCUT2D eigenvalue weighted by Gasteiger charge is -2.34. The smallest absolute Gasteiger partial charge is 0.296 e. The topological polar surface area (TPSA) is 96.4 Å². The summed E-state index contributed by atoms with van der Waals surface area (Å²) in [6.07, 6.45) is 0. The van der Waals surface area contributed by atoms with Gasteiger partial charge in [-0.2, -0.15) is 0 Å². The summed E-state index contributed by atoms with van der Waals surface area (Å²) >= 11 is 0. The normalized spacial score (nSPS) is 21.8. The molecule has 0 bridgehead atoms. The van der Waals surface area contributed by atoms with Crippen LogP contribution < -0.4 is 9.64 Å². The molecule has 2 aliphatic heterocycles. The molecule has 0 aliphatic carbocycles. The first-order valence-corrected chi connectivity index (χ1v) is 9.70. The van der Waals surface area contributed by atoms with Crippen molar-refractivity contribution in [2.24, 2.45) is 0 Å². The minimum Gasteiger partial charge on any atom is -0.507 e. The molecule has 2 amide bonds. The summed E-state index contributed by atoms with van der Waals surface area (Å²) in [5, 5.41) is 11.2. The Morgan fingerprint density at radius 1 is 1.03 bits per heavy atom. The number of amides is 2. The van der Waals surface area contributed by atoms with Gasteiger partial charge in [-0.3, -0.25) is 14.4 Å². The Morgan fingerprint density at radius 2 is 1.71 bits per heavy atom. The number of carbonyl (C=O) groups excluding carboxylic acids is 3. The Labute approximate surface area is 179 Å². The van der Waals surface area contributed by atoms with Crippen LogP contribution in [-0.4, -0.2) is 62.0 Å². The highest BCUT2D eigenvalue weighted by atomic mass is 16.5. The SMILES string of the molecule is COCCN1C(=O)C(=O)/C(=C(/O)c2ccc(OC)cc2)C12C(=O)N(C)c1ccccc12. The number of rotatable bonds is 5. The van der Waals surface area contributed by atoms with E-state index >= 15 is 0 Å². The highest BCUT2D eigenvalue weighted by molar-refractivity contribution is 6.50. The number of methoxy groups -OCH3 is 2. The number of carbonyl (C=O) groups is 3. The molecule has 2 aliphatic rings. The molecule has 2 aromatic rings. The average Bonchev–Trinajstić information content (AvgIpc) is 3.15. The van der Waals surface area contributed by atoms with Crippen LogP contribution in [-0.2, 0) is 24.7 Å². The van der Waals surface area contributed by atoms with Crippen molar-refractivity contribution in [1.29, 1.82) is 0 Å². The predicted octanol–water partition coefficient (Wildman–Crippen LogP) is 1.89. The van der Waals surface area contributed by atoms with E-state index in [0.29, 0.717) is 22.6 Å². The number of Topliss-reactive ketones (excluding diaryl/α,β-unsaturated/α-hetero) is 1. The summed E-state index contributed by atoms with van der Waals surface area (Å²) < 4.78 is 10.3. The molecule has 1 saturated heterocycles. The molecule has 8 nitrogen and oxygen atoms in total. The maximum Gasteiger partial charge on any atom is 0.296 e. The van der Waals surface area contributed by atoms with E-state index in [0.717, 1.165) is 0 Å². The van der Waals surface area contributed by atoms with Crippen LogP contribution in [0.5, 0.6) is 5.75 Å².